The highest BCUT2D eigenvalue weighted by Crippen LogP contribution is 2.48. The molecule has 0 bridgehead atoms. The first-order valence-electron chi connectivity index (χ1n) is 19.9. The minimum atomic E-state index is 0.184. The minimum absolute atomic E-state index is 0.184. The van der Waals surface area contributed by atoms with E-state index in [4.69, 9.17) is 0 Å². The molecule has 10 aromatic rings. The largest absolute Gasteiger partial charge is 0.333 e. The Kier molecular flexibility index (Phi) is 8.03. The zero-order chi connectivity index (χ0) is 37.7. The first kappa shape index (κ1) is 33.1. The Hall–Kier alpha value is -7.22. The Morgan fingerprint density at radius 2 is 0.842 bits per heavy atom. The molecule has 1 heteroatoms. The summed E-state index contributed by atoms with van der Waals surface area (Å²) in [5.41, 5.74) is 12.4. The Balaban J connectivity index is 1.15. The molecule has 10 aromatic carbocycles. The van der Waals surface area contributed by atoms with E-state index in [1.807, 2.05) is 0 Å². The van der Waals surface area contributed by atoms with Crippen molar-refractivity contribution in [3.8, 4) is 33.4 Å². The third kappa shape index (κ3) is 5.79. The maximum absolute atomic E-state index is 2.57. The Bertz CT molecular complexity index is 3140. The summed E-state index contributed by atoms with van der Waals surface area (Å²) in [4.78, 5) is 2.57. The van der Waals surface area contributed by atoms with Crippen molar-refractivity contribution in [2.75, 3.05) is 4.90 Å². The average molecular weight is 726 g/mol. The number of hydrogen-bond donors (Lipinski definition) is 0. The predicted octanol–water partition coefficient (Wildman–Crippen LogP) is 15.3. The van der Waals surface area contributed by atoms with Crippen molar-refractivity contribution in [1.29, 1.82) is 0 Å². The average Bonchev–Trinajstić information content (AvgIpc) is 3.74. The standard InChI is InChI=1S/C56H39N/c1-3-15-41(16-4-1)53-33-34-54(42-17-5-2-6-18-42)57(53)48-31-32-51-52(37-48)55(43-27-23-40(24-28-43)46-29-25-38-13-7-9-19-44(38)35-46)49-21-11-12-22-50(49)56(51)47-30-26-39-14-8-10-20-45(39)36-47/h1-33,35-37,54H,34H2. The number of hydrogen-bond acceptors (Lipinski definition) is 1. The normalized spacial score (nSPS) is 14.1. The van der Waals surface area contributed by atoms with E-state index in [0.717, 1.165) is 6.42 Å². The summed E-state index contributed by atoms with van der Waals surface area (Å²) in [5.74, 6) is 0. The summed E-state index contributed by atoms with van der Waals surface area (Å²) in [7, 11) is 0. The quantitative estimate of drug-likeness (QED) is 0.154. The SMILES string of the molecule is C1=C(c2ccccc2)N(c2ccc3c(-c4ccc5ccccc5c4)c4ccccc4c(-c4ccc(-c5ccc6ccccc6c5)cc4)c3c2)C(c2ccccc2)C1. The number of anilines is 1. The molecule has 0 amide bonds. The van der Waals surface area contributed by atoms with Crippen molar-refractivity contribution in [2.24, 2.45) is 0 Å². The smallest absolute Gasteiger partial charge is 0.0626 e. The van der Waals surface area contributed by atoms with Crippen molar-refractivity contribution < 1.29 is 0 Å². The van der Waals surface area contributed by atoms with Crippen LogP contribution in [-0.2, 0) is 0 Å². The lowest BCUT2D eigenvalue weighted by molar-refractivity contribution is 0.749. The van der Waals surface area contributed by atoms with E-state index in [2.05, 4.69) is 223 Å². The zero-order valence-electron chi connectivity index (χ0n) is 31.5. The summed E-state index contributed by atoms with van der Waals surface area (Å²) in [5, 5.41) is 10.0. The van der Waals surface area contributed by atoms with Crippen LogP contribution >= 0.6 is 0 Å². The first-order chi connectivity index (χ1) is 28.3. The van der Waals surface area contributed by atoms with Crippen LogP contribution in [0.15, 0.2) is 218 Å². The molecular formula is C56H39N. The van der Waals surface area contributed by atoms with Crippen molar-refractivity contribution in [3.05, 3.63) is 230 Å². The van der Waals surface area contributed by atoms with Gasteiger partial charge >= 0.3 is 0 Å². The Morgan fingerprint density at radius 1 is 0.333 bits per heavy atom. The molecule has 0 saturated carbocycles. The minimum Gasteiger partial charge on any atom is -0.333 e. The maximum Gasteiger partial charge on any atom is 0.0626 e. The van der Waals surface area contributed by atoms with E-state index in [1.54, 1.807) is 0 Å². The highest BCUT2D eigenvalue weighted by molar-refractivity contribution is 6.22. The molecule has 1 aliphatic heterocycles. The molecule has 1 heterocycles. The van der Waals surface area contributed by atoms with Crippen molar-refractivity contribution in [1.82, 2.24) is 0 Å². The Morgan fingerprint density at radius 3 is 1.53 bits per heavy atom. The topological polar surface area (TPSA) is 3.24 Å². The second-order valence-corrected chi connectivity index (χ2v) is 15.2. The molecule has 57 heavy (non-hydrogen) atoms. The molecule has 1 atom stereocenters. The van der Waals surface area contributed by atoms with Gasteiger partial charge in [-0.05, 0) is 118 Å². The van der Waals surface area contributed by atoms with Gasteiger partial charge in [-0.1, -0.05) is 194 Å². The monoisotopic (exact) mass is 725 g/mol. The fraction of sp³-hybridized carbons (Fsp3) is 0.0357. The Labute approximate surface area is 333 Å². The molecule has 0 aliphatic carbocycles. The lowest BCUT2D eigenvalue weighted by Gasteiger charge is -2.31. The highest BCUT2D eigenvalue weighted by Gasteiger charge is 2.30. The molecule has 0 saturated heterocycles. The van der Waals surface area contributed by atoms with Crippen LogP contribution in [-0.4, -0.2) is 0 Å². The molecule has 1 aliphatic rings. The second-order valence-electron chi connectivity index (χ2n) is 15.2. The van der Waals surface area contributed by atoms with Crippen molar-refractivity contribution in [2.45, 2.75) is 12.5 Å². The van der Waals surface area contributed by atoms with Crippen LogP contribution in [0.1, 0.15) is 23.6 Å². The van der Waals surface area contributed by atoms with E-state index in [1.165, 1.54) is 99.0 Å². The molecule has 0 N–H and O–H groups in total. The highest BCUT2D eigenvalue weighted by atomic mass is 15.2. The van der Waals surface area contributed by atoms with Crippen molar-refractivity contribution >= 4 is 54.5 Å². The van der Waals surface area contributed by atoms with Gasteiger partial charge in [0, 0.05) is 11.4 Å². The van der Waals surface area contributed by atoms with E-state index in [9.17, 15) is 0 Å². The van der Waals surface area contributed by atoms with Gasteiger partial charge in [0.1, 0.15) is 0 Å². The van der Waals surface area contributed by atoms with Crippen LogP contribution in [0, 0.1) is 0 Å². The summed E-state index contributed by atoms with van der Waals surface area (Å²) >= 11 is 0. The van der Waals surface area contributed by atoms with Gasteiger partial charge in [0.2, 0.25) is 0 Å². The fourth-order valence-corrected chi connectivity index (χ4v) is 9.22. The zero-order valence-corrected chi connectivity index (χ0v) is 31.5. The van der Waals surface area contributed by atoms with Gasteiger partial charge in [0.15, 0.2) is 0 Å². The molecule has 0 spiro atoms. The van der Waals surface area contributed by atoms with Gasteiger partial charge in [-0.25, -0.2) is 0 Å². The third-order valence-electron chi connectivity index (χ3n) is 11.9. The molecular weight excluding hydrogens is 687 g/mol. The summed E-state index contributed by atoms with van der Waals surface area (Å²) in [6, 6.07) is 78.5. The van der Waals surface area contributed by atoms with Crippen LogP contribution in [0.2, 0.25) is 0 Å². The number of rotatable bonds is 6. The van der Waals surface area contributed by atoms with Gasteiger partial charge in [0.05, 0.1) is 6.04 Å². The maximum atomic E-state index is 2.57. The van der Waals surface area contributed by atoms with Crippen LogP contribution < -0.4 is 4.90 Å². The first-order valence-corrected chi connectivity index (χ1v) is 19.9. The van der Waals surface area contributed by atoms with Crippen LogP contribution in [0.4, 0.5) is 5.69 Å². The molecule has 0 fully saturated rings. The van der Waals surface area contributed by atoms with Crippen LogP contribution in [0.25, 0.3) is 82.2 Å². The van der Waals surface area contributed by atoms with Gasteiger partial charge in [-0.2, -0.15) is 0 Å². The second kappa shape index (κ2) is 13.8. The molecule has 1 nitrogen and oxygen atoms in total. The van der Waals surface area contributed by atoms with E-state index >= 15 is 0 Å². The predicted molar refractivity (Wildman–Crippen MR) is 243 cm³/mol. The summed E-state index contributed by atoms with van der Waals surface area (Å²) < 4.78 is 0. The molecule has 11 rings (SSSR count). The van der Waals surface area contributed by atoms with Gasteiger partial charge in [0.25, 0.3) is 0 Å². The van der Waals surface area contributed by atoms with Crippen molar-refractivity contribution in [3.63, 3.8) is 0 Å². The van der Waals surface area contributed by atoms with Crippen LogP contribution in [0.5, 0.6) is 0 Å². The lowest BCUT2D eigenvalue weighted by atomic mass is 9.85. The molecule has 0 aromatic heterocycles. The summed E-state index contributed by atoms with van der Waals surface area (Å²) in [6.07, 6.45) is 3.36. The number of fused-ring (bicyclic) bond motifs is 4. The molecule has 1 unspecified atom stereocenters. The van der Waals surface area contributed by atoms with Gasteiger partial charge < -0.3 is 4.90 Å². The number of benzene rings is 10. The van der Waals surface area contributed by atoms with Gasteiger partial charge in [-0.15, -0.1) is 0 Å². The van der Waals surface area contributed by atoms with Gasteiger partial charge in [-0.3, -0.25) is 0 Å². The third-order valence-corrected chi connectivity index (χ3v) is 11.9. The lowest BCUT2D eigenvalue weighted by Crippen LogP contribution is -2.22. The number of nitrogens with zero attached hydrogens (tertiary/aromatic N) is 1. The van der Waals surface area contributed by atoms with E-state index in [0.29, 0.717) is 0 Å². The van der Waals surface area contributed by atoms with Crippen LogP contribution in [0.3, 0.4) is 0 Å². The molecule has 268 valence electrons. The summed E-state index contributed by atoms with van der Waals surface area (Å²) in [6.45, 7) is 0. The van der Waals surface area contributed by atoms with E-state index in [-0.39, 0.29) is 6.04 Å². The van der Waals surface area contributed by atoms with E-state index < -0.39 is 0 Å². The molecule has 0 radical (unpaired) electrons. The fourth-order valence-electron chi connectivity index (χ4n) is 9.22.